The number of para-hydroxylation sites is 2. The molecule has 0 aliphatic carbocycles. The number of benzene rings is 2. The van der Waals surface area contributed by atoms with Crippen molar-refractivity contribution < 1.29 is 9.18 Å². The Morgan fingerprint density at radius 1 is 1.05 bits per heavy atom. The molecule has 0 spiro atoms. The van der Waals surface area contributed by atoms with Gasteiger partial charge in [-0.05, 0) is 24.3 Å². The van der Waals surface area contributed by atoms with Gasteiger partial charge in [0.2, 0.25) is 0 Å². The van der Waals surface area contributed by atoms with Gasteiger partial charge in [-0.15, -0.1) is 0 Å². The van der Waals surface area contributed by atoms with Gasteiger partial charge in [0.15, 0.2) is 5.82 Å². The summed E-state index contributed by atoms with van der Waals surface area (Å²) in [5.41, 5.74) is 0.929. The SMILES string of the molecule is O=C(Nc1ccccc1F)Nc1n[nH]c2ccccc12. The molecule has 0 saturated heterocycles. The zero-order valence-electron chi connectivity index (χ0n) is 10.4. The molecule has 0 bridgehead atoms. The van der Waals surface area contributed by atoms with Crippen molar-refractivity contribution >= 4 is 28.4 Å². The second-order valence-corrected chi connectivity index (χ2v) is 4.18. The summed E-state index contributed by atoms with van der Waals surface area (Å²) in [7, 11) is 0. The van der Waals surface area contributed by atoms with Crippen molar-refractivity contribution in [3.8, 4) is 0 Å². The summed E-state index contributed by atoms with van der Waals surface area (Å²) >= 11 is 0. The van der Waals surface area contributed by atoms with Gasteiger partial charge in [0, 0.05) is 5.39 Å². The maximum Gasteiger partial charge on any atom is 0.324 e. The molecule has 0 radical (unpaired) electrons. The number of H-pyrrole nitrogens is 1. The lowest BCUT2D eigenvalue weighted by Gasteiger charge is -2.06. The number of hydrogen-bond donors (Lipinski definition) is 3. The quantitative estimate of drug-likeness (QED) is 0.668. The second kappa shape index (κ2) is 5.00. The third-order valence-electron chi connectivity index (χ3n) is 2.82. The maximum atomic E-state index is 13.4. The van der Waals surface area contributed by atoms with Crippen molar-refractivity contribution in [3.63, 3.8) is 0 Å². The monoisotopic (exact) mass is 270 g/mol. The number of carbonyl (C=O) groups is 1. The van der Waals surface area contributed by atoms with Crippen LogP contribution in [0.3, 0.4) is 0 Å². The molecule has 1 aromatic heterocycles. The molecule has 0 fully saturated rings. The van der Waals surface area contributed by atoms with Crippen molar-refractivity contribution in [2.45, 2.75) is 0 Å². The minimum absolute atomic E-state index is 0.116. The summed E-state index contributed by atoms with van der Waals surface area (Å²) in [6.45, 7) is 0. The molecule has 2 amide bonds. The lowest BCUT2D eigenvalue weighted by Crippen LogP contribution is -2.20. The Bertz CT molecular complexity index is 768. The average Bonchev–Trinajstić information content (AvgIpc) is 2.85. The van der Waals surface area contributed by atoms with Crippen LogP contribution in [0.4, 0.5) is 20.7 Å². The molecule has 0 aliphatic heterocycles. The van der Waals surface area contributed by atoms with Crippen LogP contribution in [0.1, 0.15) is 0 Å². The zero-order valence-corrected chi connectivity index (χ0v) is 10.4. The summed E-state index contributed by atoms with van der Waals surface area (Å²) < 4.78 is 13.4. The number of halogens is 1. The van der Waals surface area contributed by atoms with Gasteiger partial charge in [0.05, 0.1) is 11.2 Å². The number of aromatic nitrogens is 2. The summed E-state index contributed by atoms with van der Waals surface area (Å²) in [6.07, 6.45) is 0. The molecule has 3 aromatic rings. The van der Waals surface area contributed by atoms with Crippen LogP contribution in [-0.4, -0.2) is 16.2 Å². The Kier molecular flexibility index (Phi) is 3.04. The van der Waals surface area contributed by atoms with Gasteiger partial charge in [0.1, 0.15) is 5.82 Å². The first-order valence-electron chi connectivity index (χ1n) is 6.00. The minimum Gasteiger partial charge on any atom is -0.305 e. The highest BCUT2D eigenvalue weighted by molar-refractivity contribution is 6.04. The van der Waals surface area contributed by atoms with E-state index < -0.39 is 11.8 Å². The van der Waals surface area contributed by atoms with Crippen LogP contribution < -0.4 is 10.6 Å². The van der Waals surface area contributed by atoms with Crippen LogP contribution in [0.2, 0.25) is 0 Å². The smallest absolute Gasteiger partial charge is 0.305 e. The van der Waals surface area contributed by atoms with E-state index in [4.69, 9.17) is 0 Å². The van der Waals surface area contributed by atoms with Gasteiger partial charge < -0.3 is 5.32 Å². The van der Waals surface area contributed by atoms with Gasteiger partial charge in [0.25, 0.3) is 0 Å². The number of nitrogens with one attached hydrogen (secondary N) is 3. The van der Waals surface area contributed by atoms with Crippen LogP contribution in [0, 0.1) is 5.82 Å². The number of carbonyl (C=O) groups excluding carboxylic acids is 1. The van der Waals surface area contributed by atoms with Gasteiger partial charge in [-0.1, -0.05) is 24.3 Å². The first kappa shape index (κ1) is 12.2. The lowest BCUT2D eigenvalue weighted by atomic mass is 10.2. The molecule has 1 heterocycles. The van der Waals surface area contributed by atoms with E-state index in [0.717, 1.165) is 10.9 Å². The van der Waals surface area contributed by atoms with Crippen LogP contribution in [0.25, 0.3) is 10.9 Å². The molecule has 5 nitrogen and oxygen atoms in total. The number of amides is 2. The van der Waals surface area contributed by atoms with E-state index in [1.54, 1.807) is 12.1 Å². The number of fused-ring (bicyclic) bond motifs is 1. The molecule has 0 aliphatic rings. The average molecular weight is 270 g/mol. The fourth-order valence-electron chi connectivity index (χ4n) is 1.88. The number of rotatable bonds is 2. The van der Waals surface area contributed by atoms with E-state index in [0.29, 0.717) is 5.82 Å². The Balaban J connectivity index is 1.78. The fourth-order valence-corrected chi connectivity index (χ4v) is 1.88. The molecule has 0 unspecified atom stereocenters. The molecule has 3 N–H and O–H groups in total. The standard InChI is InChI=1S/C14H11FN4O/c15-10-6-2-4-8-12(10)16-14(20)17-13-9-5-1-3-7-11(9)18-19-13/h1-8H,(H3,16,17,18,19,20). The summed E-state index contributed by atoms with van der Waals surface area (Å²) in [4.78, 5) is 11.8. The summed E-state index contributed by atoms with van der Waals surface area (Å²) in [5, 5.41) is 12.6. The van der Waals surface area contributed by atoms with Crippen LogP contribution in [0.5, 0.6) is 0 Å². The number of hydrogen-bond acceptors (Lipinski definition) is 2. The van der Waals surface area contributed by atoms with E-state index in [2.05, 4.69) is 20.8 Å². The topological polar surface area (TPSA) is 69.8 Å². The summed E-state index contributed by atoms with van der Waals surface area (Å²) in [6, 6.07) is 12.8. The van der Waals surface area contributed by atoms with E-state index in [9.17, 15) is 9.18 Å². The van der Waals surface area contributed by atoms with Crippen molar-refractivity contribution in [1.29, 1.82) is 0 Å². The first-order chi connectivity index (χ1) is 9.74. The minimum atomic E-state index is -0.549. The van der Waals surface area contributed by atoms with Crippen LogP contribution in [0.15, 0.2) is 48.5 Å². The largest absolute Gasteiger partial charge is 0.324 e. The van der Waals surface area contributed by atoms with Crippen molar-refractivity contribution in [3.05, 3.63) is 54.3 Å². The highest BCUT2D eigenvalue weighted by Crippen LogP contribution is 2.20. The predicted molar refractivity (Wildman–Crippen MR) is 75.1 cm³/mol. The Morgan fingerprint density at radius 2 is 1.80 bits per heavy atom. The van der Waals surface area contributed by atoms with Crippen molar-refractivity contribution in [1.82, 2.24) is 10.2 Å². The molecule has 6 heteroatoms. The van der Waals surface area contributed by atoms with E-state index in [-0.39, 0.29) is 5.69 Å². The van der Waals surface area contributed by atoms with E-state index in [1.165, 1.54) is 12.1 Å². The summed E-state index contributed by atoms with van der Waals surface area (Å²) in [5.74, 6) is -0.0935. The van der Waals surface area contributed by atoms with Gasteiger partial charge in [-0.2, -0.15) is 5.10 Å². The highest BCUT2D eigenvalue weighted by atomic mass is 19.1. The number of anilines is 2. The molecular formula is C14H11FN4O. The molecular weight excluding hydrogens is 259 g/mol. The third kappa shape index (κ3) is 2.31. The fraction of sp³-hybridized carbons (Fsp3) is 0. The van der Waals surface area contributed by atoms with Crippen molar-refractivity contribution in [2.24, 2.45) is 0 Å². The number of nitrogens with zero attached hydrogens (tertiary/aromatic N) is 1. The first-order valence-corrected chi connectivity index (χ1v) is 6.00. The molecule has 2 aromatic carbocycles. The Morgan fingerprint density at radius 3 is 2.65 bits per heavy atom. The molecule has 0 saturated carbocycles. The third-order valence-corrected chi connectivity index (χ3v) is 2.82. The second-order valence-electron chi connectivity index (χ2n) is 4.18. The molecule has 3 rings (SSSR count). The van der Waals surface area contributed by atoms with Crippen LogP contribution >= 0.6 is 0 Å². The highest BCUT2D eigenvalue weighted by Gasteiger charge is 2.10. The number of urea groups is 1. The van der Waals surface area contributed by atoms with Crippen molar-refractivity contribution in [2.75, 3.05) is 10.6 Å². The van der Waals surface area contributed by atoms with Gasteiger partial charge >= 0.3 is 6.03 Å². The van der Waals surface area contributed by atoms with Crippen LogP contribution in [-0.2, 0) is 0 Å². The van der Waals surface area contributed by atoms with Gasteiger partial charge in [-0.25, -0.2) is 9.18 Å². The number of aromatic amines is 1. The van der Waals surface area contributed by atoms with Gasteiger partial charge in [-0.3, -0.25) is 10.4 Å². The Hall–Kier alpha value is -2.89. The van der Waals surface area contributed by atoms with E-state index in [1.807, 2.05) is 24.3 Å². The predicted octanol–water partition coefficient (Wildman–Crippen LogP) is 3.35. The lowest BCUT2D eigenvalue weighted by molar-refractivity contribution is 0.262. The molecule has 100 valence electrons. The molecule has 0 atom stereocenters. The maximum absolute atomic E-state index is 13.4. The Labute approximate surface area is 113 Å². The zero-order chi connectivity index (χ0) is 13.9. The molecule has 20 heavy (non-hydrogen) atoms. The normalized spacial score (nSPS) is 10.4. The van der Waals surface area contributed by atoms with E-state index >= 15 is 0 Å².